The van der Waals surface area contributed by atoms with Crippen LogP contribution in [0.25, 0.3) is 0 Å². The van der Waals surface area contributed by atoms with E-state index in [1.807, 2.05) is 32.0 Å². The molecule has 104 valence electrons. The zero-order valence-electron chi connectivity index (χ0n) is 11.7. The lowest BCUT2D eigenvalue weighted by atomic mass is 10.1. The Kier molecular flexibility index (Phi) is 4.30. The summed E-state index contributed by atoms with van der Waals surface area (Å²) in [5, 5.41) is 3.38. The number of hydrogen-bond donors (Lipinski definition) is 1. The van der Waals surface area contributed by atoms with Crippen LogP contribution in [0.2, 0.25) is 5.02 Å². The van der Waals surface area contributed by atoms with E-state index in [1.54, 1.807) is 18.2 Å². The molecule has 1 amide bonds. The number of carbonyl (C=O) groups excluding carboxylic acids is 1. The van der Waals surface area contributed by atoms with E-state index in [-0.39, 0.29) is 5.91 Å². The SMILES string of the molecule is COc1ccccc1C(=O)Nc1c(C)cc(C)cc1Cl. The minimum Gasteiger partial charge on any atom is -0.496 e. The zero-order valence-corrected chi connectivity index (χ0v) is 12.4. The van der Waals surface area contributed by atoms with Crippen LogP contribution in [0.3, 0.4) is 0 Å². The molecule has 2 aromatic carbocycles. The van der Waals surface area contributed by atoms with Crippen molar-refractivity contribution in [2.75, 3.05) is 12.4 Å². The van der Waals surface area contributed by atoms with Crippen LogP contribution in [0.1, 0.15) is 21.5 Å². The summed E-state index contributed by atoms with van der Waals surface area (Å²) in [5.74, 6) is 0.294. The van der Waals surface area contributed by atoms with E-state index in [9.17, 15) is 4.79 Å². The molecule has 0 saturated carbocycles. The summed E-state index contributed by atoms with van der Waals surface area (Å²) < 4.78 is 5.19. The highest BCUT2D eigenvalue weighted by Crippen LogP contribution is 2.28. The highest BCUT2D eigenvalue weighted by Gasteiger charge is 2.14. The van der Waals surface area contributed by atoms with Crippen molar-refractivity contribution in [3.63, 3.8) is 0 Å². The lowest BCUT2D eigenvalue weighted by Crippen LogP contribution is -2.14. The van der Waals surface area contributed by atoms with Gasteiger partial charge < -0.3 is 10.1 Å². The molecule has 0 fully saturated rings. The average molecular weight is 290 g/mol. The Morgan fingerprint density at radius 1 is 1.20 bits per heavy atom. The van der Waals surface area contributed by atoms with Crippen molar-refractivity contribution in [2.24, 2.45) is 0 Å². The first-order valence-corrected chi connectivity index (χ1v) is 6.62. The molecule has 3 nitrogen and oxygen atoms in total. The molecule has 0 spiro atoms. The number of hydrogen-bond acceptors (Lipinski definition) is 2. The fourth-order valence-electron chi connectivity index (χ4n) is 2.09. The van der Waals surface area contributed by atoms with Gasteiger partial charge in [0.25, 0.3) is 5.91 Å². The van der Waals surface area contributed by atoms with Crippen LogP contribution in [0.4, 0.5) is 5.69 Å². The Morgan fingerprint density at radius 3 is 2.55 bits per heavy atom. The van der Waals surface area contributed by atoms with E-state index >= 15 is 0 Å². The van der Waals surface area contributed by atoms with Crippen LogP contribution in [0, 0.1) is 13.8 Å². The maximum absolute atomic E-state index is 12.3. The quantitative estimate of drug-likeness (QED) is 0.919. The summed E-state index contributed by atoms with van der Waals surface area (Å²) in [6, 6.07) is 10.9. The van der Waals surface area contributed by atoms with E-state index in [0.29, 0.717) is 22.0 Å². The van der Waals surface area contributed by atoms with Gasteiger partial charge in [-0.3, -0.25) is 4.79 Å². The predicted molar refractivity (Wildman–Crippen MR) is 81.9 cm³/mol. The first kappa shape index (κ1) is 14.4. The molecule has 0 unspecified atom stereocenters. The number of amides is 1. The molecule has 0 aromatic heterocycles. The summed E-state index contributed by atoms with van der Waals surface area (Å²) in [7, 11) is 1.54. The van der Waals surface area contributed by atoms with Gasteiger partial charge in [0.1, 0.15) is 5.75 Å². The van der Waals surface area contributed by atoms with Gasteiger partial charge in [0.2, 0.25) is 0 Å². The number of ether oxygens (including phenoxy) is 1. The monoisotopic (exact) mass is 289 g/mol. The fourth-order valence-corrected chi connectivity index (χ4v) is 2.46. The minimum absolute atomic E-state index is 0.240. The Labute approximate surface area is 123 Å². The maximum Gasteiger partial charge on any atom is 0.259 e. The zero-order chi connectivity index (χ0) is 14.7. The summed E-state index contributed by atoms with van der Waals surface area (Å²) in [4.78, 5) is 12.3. The molecule has 1 N–H and O–H groups in total. The van der Waals surface area contributed by atoms with Crippen molar-refractivity contribution in [3.8, 4) is 5.75 Å². The highest BCUT2D eigenvalue weighted by atomic mass is 35.5. The molecule has 0 aliphatic carbocycles. The molecule has 20 heavy (non-hydrogen) atoms. The molecule has 2 aromatic rings. The number of anilines is 1. The van der Waals surface area contributed by atoms with Crippen LogP contribution in [-0.2, 0) is 0 Å². The Bertz CT molecular complexity index is 630. The Hall–Kier alpha value is -2.00. The van der Waals surface area contributed by atoms with Crippen molar-refractivity contribution in [1.29, 1.82) is 0 Å². The molecule has 2 rings (SSSR count). The van der Waals surface area contributed by atoms with Crippen molar-refractivity contribution in [1.82, 2.24) is 0 Å². The highest BCUT2D eigenvalue weighted by molar-refractivity contribution is 6.34. The summed E-state index contributed by atoms with van der Waals surface area (Å²) in [6.07, 6.45) is 0. The number of halogens is 1. The lowest BCUT2D eigenvalue weighted by molar-refractivity contribution is 0.102. The summed E-state index contributed by atoms with van der Waals surface area (Å²) in [5.41, 5.74) is 3.10. The number of para-hydroxylation sites is 1. The van der Waals surface area contributed by atoms with E-state index in [0.717, 1.165) is 11.1 Å². The van der Waals surface area contributed by atoms with E-state index in [4.69, 9.17) is 16.3 Å². The molecule has 0 aliphatic heterocycles. The number of nitrogens with one attached hydrogen (secondary N) is 1. The van der Waals surface area contributed by atoms with Gasteiger partial charge in [-0.15, -0.1) is 0 Å². The second-order valence-electron chi connectivity index (χ2n) is 4.59. The second kappa shape index (κ2) is 5.97. The van der Waals surface area contributed by atoms with Crippen LogP contribution in [-0.4, -0.2) is 13.0 Å². The average Bonchev–Trinajstić information content (AvgIpc) is 2.42. The molecular formula is C16H16ClNO2. The van der Waals surface area contributed by atoms with Gasteiger partial charge in [0.15, 0.2) is 0 Å². The van der Waals surface area contributed by atoms with E-state index in [1.165, 1.54) is 7.11 Å². The van der Waals surface area contributed by atoms with Gasteiger partial charge in [0, 0.05) is 0 Å². The van der Waals surface area contributed by atoms with Crippen LogP contribution in [0.15, 0.2) is 36.4 Å². The summed E-state index contributed by atoms with van der Waals surface area (Å²) >= 11 is 6.19. The van der Waals surface area contributed by atoms with Crippen molar-refractivity contribution >= 4 is 23.2 Å². The summed E-state index contributed by atoms with van der Waals surface area (Å²) in [6.45, 7) is 3.88. The third kappa shape index (κ3) is 2.94. The molecule has 0 radical (unpaired) electrons. The number of methoxy groups -OCH3 is 1. The normalized spacial score (nSPS) is 10.2. The number of aryl methyl sites for hydroxylation is 2. The molecular weight excluding hydrogens is 274 g/mol. The lowest BCUT2D eigenvalue weighted by Gasteiger charge is -2.13. The smallest absolute Gasteiger partial charge is 0.259 e. The van der Waals surface area contributed by atoms with E-state index < -0.39 is 0 Å². The van der Waals surface area contributed by atoms with Gasteiger partial charge in [-0.25, -0.2) is 0 Å². The second-order valence-corrected chi connectivity index (χ2v) is 5.00. The number of benzene rings is 2. The van der Waals surface area contributed by atoms with Crippen LogP contribution < -0.4 is 10.1 Å². The molecule has 0 heterocycles. The standard InChI is InChI=1S/C16H16ClNO2/c1-10-8-11(2)15(13(17)9-10)18-16(19)12-6-4-5-7-14(12)20-3/h4-9H,1-3H3,(H,18,19). The predicted octanol–water partition coefficient (Wildman–Crippen LogP) is 4.22. The van der Waals surface area contributed by atoms with Crippen molar-refractivity contribution < 1.29 is 9.53 Å². The van der Waals surface area contributed by atoms with E-state index in [2.05, 4.69) is 5.32 Å². The van der Waals surface area contributed by atoms with Gasteiger partial charge >= 0.3 is 0 Å². The third-order valence-corrected chi connectivity index (χ3v) is 3.32. The first-order chi connectivity index (χ1) is 9.52. The first-order valence-electron chi connectivity index (χ1n) is 6.24. The Morgan fingerprint density at radius 2 is 1.90 bits per heavy atom. The Balaban J connectivity index is 2.33. The number of carbonyl (C=O) groups is 1. The fraction of sp³-hybridized carbons (Fsp3) is 0.188. The molecule has 0 bridgehead atoms. The molecule has 0 aliphatic rings. The van der Waals surface area contributed by atoms with Crippen LogP contribution >= 0.6 is 11.6 Å². The van der Waals surface area contributed by atoms with Gasteiger partial charge in [-0.05, 0) is 43.2 Å². The maximum atomic E-state index is 12.3. The number of rotatable bonds is 3. The minimum atomic E-state index is -0.240. The topological polar surface area (TPSA) is 38.3 Å². The van der Waals surface area contributed by atoms with Crippen molar-refractivity contribution in [3.05, 3.63) is 58.1 Å². The van der Waals surface area contributed by atoms with Gasteiger partial charge in [-0.2, -0.15) is 0 Å². The van der Waals surface area contributed by atoms with Gasteiger partial charge in [0.05, 0.1) is 23.4 Å². The molecule has 0 atom stereocenters. The van der Waals surface area contributed by atoms with Crippen LogP contribution in [0.5, 0.6) is 5.75 Å². The molecule has 4 heteroatoms. The van der Waals surface area contributed by atoms with Gasteiger partial charge in [-0.1, -0.05) is 29.8 Å². The molecule has 0 saturated heterocycles. The third-order valence-electron chi connectivity index (χ3n) is 3.02. The largest absolute Gasteiger partial charge is 0.496 e. The van der Waals surface area contributed by atoms with Crippen molar-refractivity contribution in [2.45, 2.75) is 13.8 Å².